The molecule has 0 aliphatic rings. The molecule has 0 aliphatic heterocycles. The first-order valence-electron chi connectivity index (χ1n) is 7.78. The number of sulfone groups is 1. The number of rotatable bonds is 6. The van der Waals surface area contributed by atoms with E-state index in [2.05, 4.69) is 0 Å². The zero-order valence-corrected chi connectivity index (χ0v) is 15.8. The van der Waals surface area contributed by atoms with Gasteiger partial charge < -0.3 is 9.64 Å². The van der Waals surface area contributed by atoms with E-state index >= 15 is 0 Å². The van der Waals surface area contributed by atoms with E-state index in [1.54, 1.807) is 4.90 Å². The molecule has 0 heterocycles. The molecule has 7 heteroatoms. The van der Waals surface area contributed by atoms with Crippen LogP contribution in [0.2, 0.25) is 0 Å². The van der Waals surface area contributed by atoms with Gasteiger partial charge in [0.05, 0.1) is 10.5 Å². The summed E-state index contributed by atoms with van der Waals surface area (Å²) >= 11 is 0. The molecule has 1 amide bonds. The van der Waals surface area contributed by atoms with Crippen LogP contribution in [0.25, 0.3) is 0 Å². The van der Waals surface area contributed by atoms with Crippen molar-refractivity contribution in [2.75, 3.05) is 6.26 Å². The number of hydrogen-bond acceptors (Lipinski definition) is 5. The summed E-state index contributed by atoms with van der Waals surface area (Å²) < 4.78 is 28.1. The van der Waals surface area contributed by atoms with Crippen molar-refractivity contribution in [1.82, 2.24) is 4.90 Å². The Bertz CT molecular complexity index is 684. The molecule has 134 valence electrons. The van der Waals surface area contributed by atoms with Crippen LogP contribution in [0.15, 0.2) is 29.2 Å². The quantitative estimate of drug-likeness (QED) is 0.731. The van der Waals surface area contributed by atoms with E-state index in [1.807, 2.05) is 27.7 Å². The SMILES string of the molecule is CC(OC(=O)c1ccc(S(C)(=O)=O)cc1)C(=O)N(C(C)C)C(C)C. The van der Waals surface area contributed by atoms with Crippen LogP contribution in [0.4, 0.5) is 0 Å². The number of benzene rings is 1. The van der Waals surface area contributed by atoms with Gasteiger partial charge in [0.25, 0.3) is 5.91 Å². The minimum absolute atomic E-state index is 0.00676. The van der Waals surface area contributed by atoms with Crippen LogP contribution in [0.1, 0.15) is 45.0 Å². The lowest BCUT2D eigenvalue weighted by Gasteiger charge is -2.32. The summed E-state index contributed by atoms with van der Waals surface area (Å²) in [5.74, 6) is -0.926. The lowest BCUT2D eigenvalue weighted by molar-refractivity contribution is -0.143. The Morgan fingerprint density at radius 3 is 1.79 bits per heavy atom. The summed E-state index contributed by atoms with van der Waals surface area (Å²) in [4.78, 5) is 26.4. The second kappa shape index (κ2) is 7.79. The molecule has 1 aromatic carbocycles. The van der Waals surface area contributed by atoms with Crippen LogP contribution in [0.5, 0.6) is 0 Å². The molecule has 1 unspecified atom stereocenters. The first kappa shape index (κ1) is 20.2. The molecule has 0 fully saturated rings. The summed E-state index contributed by atoms with van der Waals surface area (Å²) in [7, 11) is -3.32. The molecule has 0 spiro atoms. The second-order valence-electron chi connectivity index (χ2n) is 6.28. The molecule has 0 bridgehead atoms. The number of carbonyl (C=O) groups is 2. The highest BCUT2D eigenvalue weighted by molar-refractivity contribution is 7.90. The third-order valence-electron chi connectivity index (χ3n) is 3.52. The van der Waals surface area contributed by atoms with Gasteiger partial charge in [0.15, 0.2) is 15.9 Å². The molecule has 6 nitrogen and oxygen atoms in total. The van der Waals surface area contributed by atoms with Gasteiger partial charge in [-0.3, -0.25) is 4.79 Å². The van der Waals surface area contributed by atoms with Crippen LogP contribution >= 0.6 is 0 Å². The summed E-state index contributed by atoms with van der Waals surface area (Å²) in [5.41, 5.74) is 0.197. The van der Waals surface area contributed by atoms with Crippen molar-refractivity contribution in [3.63, 3.8) is 0 Å². The minimum atomic E-state index is -3.32. The minimum Gasteiger partial charge on any atom is -0.449 e. The number of carbonyl (C=O) groups excluding carboxylic acids is 2. The van der Waals surface area contributed by atoms with Gasteiger partial charge in [-0.2, -0.15) is 0 Å². The topological polar surface area (TPSA) is 80.8 Å². The zero-order valence-electron chi connectivity index (χ0n) is 14.9. The van der Waals surface area contributed by atoms with E-state index < -0.39 is 21.9 Å². The molecular weight excluding hydrogens is 330 g/mol. The van der Waals surface area contributed by atoms with Crippen LogP contribution in [-0.4, -0.2) is 49.6 Å². The van der Waals surface area contributed by atoms with E-state index in [9.17, 15) is 18.0 Å². The molecule has 24 heavy (non-hydrogen) atoms. The van der Waals surface area contributed by atoms with Gasteiger partial charge in [0, 0.05) is 18.3 Å². The Kier molecular flexibility index (Phi) is 6.54. The number of ether oxygens (including phenoxy) is 1. The third kappa shape index (κ3) is 5.06. The number of amides is 1. The Morgan fingerprint density at radius 1 is 0.958 bits per heavy atom. The van der Waals surface area contributed by atoms with Crippen molar-refractivity contribution >= 4 is 21.7 Å². The van der Waals surface area contributed by atoms with Crippen LogP contribution in [0, 0.1) is 0 Å². The lowest BCUT2D eigenvalue weighted by Crippen LogP contribution is -2.47. The van der Waals surface area contributed by atoms with Gasteiger partial charge in [-0.25, -0.2) is 13.2 Å². The summed E-state index contributed by atoms with van der Waals surface area (Å²) in [6.45, 7) is 9.13. The number of esters is 1. The van der Waals surface area contributed by atoms with Crippen LogP contribution in [-0.2, 0) is 19.4 Å². The van der Waals surface area contributed by atoms with Crippen molar-refractivity contribution in [2.24, 2.45) is 0 Å². The van der Waals surface area contributed by atoms with Gasteiger partial charge in [-0.05, 0) is 58.9 Å². The molecule has 0 saturated carbocycles. The Balaban J connectivity index is 2.85. The standard InChI is InChI=1S/C17H25NO5S/c1-11(2)18(12(3)4)16(19)13(5)23-17(20)14-7-9-15(10-8-14)24(6,21)22/h7-13H,1-6H3. The van der Waals surface area contributed by atoms with E-state index in [0.29, 0.717) is 0 Å². The molecule has 0 aromatic heterocycles. The van der Waals surface area contributed by atoms with Crippen molar-refractivity contribution in [3.05, 3.63) is 29.8 Å². The van der Waals surface area contributed by atoms with Crippen molar-refractivity contribution in [2.45, 2.75) is 57.7 Å². The highest BCUT2D eigenvalue weighted by Gasteiger charge is 2.28. The van der Waals surface area contributed by atoms with Gasteiger partial charge in [0.2, 0.25) is 0 Å². The zero-order chi connectivity index (χ0) is 18.7. The Morgan fingerprint density at radius 2 is 1.42 bits per heavy atom. The molecule has 0 radical (unpaired) electrons. The maximum absolute atomic E-state index is 12.4. The predicted molar refractivity (Wildman–Crippen MR) is 91.5 cm³/mol. The highest BCUT2D eigenvalue weighted by Crippen LogP contribution is 2.14. The normalized spacial score (nSPS) is 13.0. The highest BCUT2D eigenvalue weighted by atomic mass is 32.2. The van der Waals surface area contributed by atoms with Gasteiger partial charge >= 0.3 is 5.97 Å². The van der Waals surface area contributed by atoms with Crippen LogP contribution in [0.3, 0.4) is 0 Å². The molecule has 1 aromatic rings. The third-order valence-corrected chi connectivity index (χ3v) is 4.65. The summed E-state index contributed by atoms with van der Waals surface area (Å²) in [6, 6.07) is 5.41. The summed E-state index contributed by atoms with van der Waals surface area (Å²) in [6.07, 6.45) is 0.171. The van der Waals surface area contributed by atoms with E-state index in [0.717, 1.165) is 6.26 Å². The smallest absolute Gasteiger partial charge is 0.338 e. The van der Waals surface area contributed by atoms with Crippen molar-refractivity contribution < 1.29 is 22.7 Å². The first-order valence-corrected chi connectivity index (χ1v) is 9.67. The van der Waals surface area contributed by atoms with E-state index in [1.165, 1.54) is 31.2 Å². The van der Waals surface area contributed by atoms with Crippen LogP contribution < -0.4 is 0 Å². The first-order chi connectivity index (χ1) is 10.9. The monoisotopic (exact) mass is 355 g/mol. The Labute approximate surface area is 143 Å². The predicted octanol–water partition coefficient (Wildman–Crippen LogP) is 2.28. The fraction of sp³-hybridized carbons (Fsp3) is 0.529. The average molecular weight is 355 g/mol. The van der Waals surface area contributed by atoms with Crippen molar-refractivity contribution in [3.8, 4) is 0 Å². The van der Waals surface area contributed by atoms with Crippen molar-refractivity contribution in [1.29, 1.82) is 0 Å². The average Bonchev–Trinajstić information content (AvgIpc) is 2.45. The fourth-order valence-electron chi connectivity index (χ4n) is 2.43. The Hall–Kier alpha value is -1.89. The van der Waals surface area contributed by atoms with Gasteiger partial charge in [-0.1, -0.05) is 0 Å². The number of nitrogens with zero attached hydrogens (tertiary/aromatic N) is 1. The molecule has 0 N–H and O–H groups in total. The maximum atomic E-state index is 12.4. The van der Waals surface area contributed by atoms with Gasteiger partial charge in [-0.15, -0.1) is 0 Å². The molecule has 0 aliphatic carbocycles. The fourth-order valence-corrected chi connectivity index (χ4v) is 3.06. The van der Waals surface area contributed by atoms with E-state index in [4.69, 9.17) is 4.74 Å². The maximum Gasteiger partial charge on any atom is 0.338 e. The van der Waals surface area contributed by atoms with E-state index in [-0.39, 0.29) is 28.4 Å². The lowest BCUT2D eigenvalue weighted by atomic mass is 10.2. The summed E-state index contributed by atoms with van der Waals surface area (Å²) in [5, 5.41) is 0. The molecule has 1 rings (SSSR count). The molecular formula is C17H25NO5S. The number of hydrogen-bond donors (Lipinski definition) is 0. The van der Waals surface area contributed by atoms with Gasteiger partial charge in [0.1, 0.15) is 0 Å². The molecule has 0 saturated heterocycles. The largest absolute Gasteiger partial charge is 0.449 e. The second-order valence-corrected chi connectivity index (χ2v) is 8.29. The molecule has 1 atom stereocenters.